The van der Waals surface area contributed by atoms with E-state index in [4.69, 9.17) is 9.47 Å². The molecule has 0 fully saturated rings. The van der Waals surface area contributed by atoms with Gasteiger partial charge in [-0.25, -0.2) is 0 Å². The predicted octanol–water partition coefficient (Wildman–Crippen LogP) is 8.34. The second kappa shape index (κ2) is 16.5. The van der Waals surface area contributed by atoms with E-state index >= 15 is 0 Å². The van der Waals surface area contributed by atoms with Crippen LogP contribution in [0.4, 0.5) is 22.4 Å². The van der Waals surface area contributed by atoms with Crippen molar-refractivity contribution in [3.63, 3.8) is 0 Å². The van der Waals surface area contributed by atoms with Gasteiger partial charge in [0.1, 0.15) is 0 Å². The van der Waals surface area contributed by atoms with Gasteiger partial charge in [0.15, 0.2) is 0 Å². The van der Waals surface area contributed by atoms with Gasteiger partial charge < -0.3 is 0 Å². The number of ether oxygens (including phenoxy) is 2. The number of hydrogen-bond acceptors (Lipinski definition) is 4. The first-order valence-electron chi connectivity index (χ1n) is 14.9. The summed E-state index contributed by atoms with van der Waals surface area (Å²) in [6.07, 6.45) is 5.98. The normalized spacial score (nSPS) is 12.6. The van der Waals surface area contributed by atoms with Crippen LogP contribution in [0.15, 0.2) is 30.3 Å². The summed E-state index contributed by atoms with van der Waals surface area (Å²) in [5.74, 6) is -9.93. The molecule has 0 radical (unpaired) electrons. The van der Waals surface area contributed by atoms with Crippen molar-refractivity contribution < 1.29 is 36.6 Å². The Bertz CT molecular complexity index is 1140. The molecule has 10 heteroatoms. The third-order valence-corrected chi connectivity index (χ3v) is 23.0. The summed E-state index contributed by atoms with van der Waals surface area (Å²) in [7, 11) is 0. The monoisotopic (exact) mass is 703 g/mol. The molecule has 0 aliphatic rings. The van der Waals surface area contributed by atoms with Crippen LogP contribution >= 0.6 is 0 Å². The number of hydrogen-bond donors (Lipinski definition) is 1. The van der Waals surface area contributed by atoms with Gasteiger partial charge >= 0.3 is 252 Å². The Balaban J connectivity index is 2.40. The van der Waals surface area contributed by atoms with E-state index in [1.165, 1.54) is 36.2 Å². The molecular formula is C32H45F4NO4Sn. The van der Waals surface area contributed by atoms with E-state index < -0.39 is 71.1 Å². The molecule has 2 rings (SSSR count). The molecule has 1 amide bonds. The molecule has 1 atom stereocenters. The van der Waals surface area contributed by atoms with Gasteiger partial charge in [0.2, 0.25) is 0 Å². The van der Waals surface area contributed by atoms with Crippen LogP contribution in [0.3, 0.4) is 0 Å². The molecule has 5 nitrogen and oxygen atoms in total. The minimum absolute atomic E-state index is 0.0204. The molecule has 1 unspecified atom stereocenters. The summed E-state index contributed by atoms with van der Waals surface area (Å²) in [5.41, 5.74) is -0.222. The van der Waals surface area contributed by atoms with Crippen molar-refractivity contribution in [3.05, 3.63) is 59.2 Å². The number of nitrogens with one attached hydrogen (secondary N) is 1. The summed E-state index contributed by atoms with van der Waals surface area (Å²) in [6, 6.07) is 6.64. The molecule has 42 heavy (non-hydrogen) atoms. The number of halogens is 4. The van der Waals surface area contributed by atoms with Gasteiger partial charge in [0.25, 0.3) is 0 Å². The van der Waals surface area contributed by atoms with Crippen LogP contribution in [0.25, 0.3) is 0 Å². The van der Waals surface area contributed by atoms with Crippen molar-refractivity contribution >= 4 is 34.0 Å². The maximum absolute atomic E-state index is 14.2. The SMILES string of the molecule is CCC[CH2][Sn]([CH2]CCC)([CH2]CCC)[c]1ccc(CC(NC(=O)OC(C)(C)C)C(=O)Oc2c(F)c(F)cc(F)c2F)cc1. The predicted molar refractivity (Wildman–Crippen MR) is 160 cm³/mol. The number of benzene rings is 2. The van der Waals surface area contributed by atoms with Crippen LogP contribution in [0.5, 0.6) is 5.75 Å². The summed E-state index contributed by atoms with van der Waals surface area (Å²) >= 11 is -2.71. The molecule has 0 bridgehead atoms. The second-order valence-corrected chi connectivity index (χ2v) is 25.1. The van der Waals surface area contributed by atoms with Crippen LogP contribution in [-0.2, 0) is 16.0 Å². The minimum atomic E-state index is -2.71. The Morgan fingerprint density at radius 2 is 1.31 bits per heavy atom. The molecule has 0 aliphatic carbocycles. The van der Waals surface area contributed by atoms with E-state index in [1.807, 2.05) is 12.1 Å². The van der Waals surface area contributed by atoms with E-state index in [0.717, 1.165) is 19.3 Å². The molecule has 0 aliphatic heterocycles. The molecule has 234 valence electrons. The number of rotatable bonds is 15. The number of carbonyl (C=O) groups is 2. The average molecular weight is 702 g/mol. The standard InChI is InChI=1S/C20H18F4NO4.3C4H9.Sn/c1-20(2,3)29-19(27)25-14(9-11-7-5-4-6-8-11)18(26)28-17-15(23)12(21)10-13(22)16(17)24;3*1-3-4-2;/h5-8,10,14H,9H2,1-3H3,(H,25,27);3*1,3-4H2,2H3;. The number of amides is 1. The van der Waals surface area contributed by atoms with Gasteiger partial charge in [0.05, 0.1) is 0 Å². The number of esters is 1. The van der Waals surface area contributed by atoms with Crippen LogP contribution in [0, 0.1) is 23.3 Å². The molecule has 0 saturated heterocycles. The summed E-state index contributed by atoms with van der Waals surface area (Å²) in [4.78, 5) is 25.6. The molecule has 2 aromatic rings. The number of unbranched alkanes of at least 4 members (excludes halogenated alkanes) is 3. The fraction of sp³-hybridized carbons (Fsp3) is 0.562. The molecular weight excluding hydrogens is 657 g/mol. The quantitative estimate of drug-likeness (QED) is 0.0667. The Kier molecular flexibility index (Phi) is 14.1. The summed E-state index contributed by atoms with van der Waals surface area (Å²) in [5, 5.41) is 2.38. The number of carbonyl (C=O) groups excluding carboxylic acids is 2. The van der Waals surface area contributed by atoms with Crippen molar-refractivity contribution in [1.29, 1.82) is 0 Å². The average Bonchev–Trinajstić information content (AvgIpc) is 2.93. The summed E-state index contributed by atoms with van der Waals surface area (Å²) in [6.45, 7) is 11.5. The number of alkyl carbamates (subject to hydrolysis) is 1. The van der Waals surface area contributed by atoms with E-state index in [1.54, 1.807) is 20.8 Å². The zero-order chi connectivity index (χ0) is 31.5. The van der Waals surface area contributed by atoms with Crippen molar-refractivity contribution in [2.45, 2.75) is 111 Å². The fourth-order valence-corrected chi connectivity index (χ4v) is 21.0. The maximum atomic E-state index is 14.2. The van der Waals surface area contributed by atoms with Crippen molar-refractivity contribution in [1.82, 2.24) is 5.32 Å². The van der Waals surface area contributed by atoms with Gasteiger partial charge in [-0.15, -0.1) is 0 Å². The first-order chi connectivity index (χ1) is 19.8. The van der Waals surface area contributed by atoms with Crippen molar-refractivity contribution in [2.75, 3.05) is 0 Å². The zero-order valence-electron chi connectivity index (χ0n) is 25.7. The molecule has 0 saturated carbocycles. The first-order valence-corrected chi connectivity index (χ1v) is 22.4. The fourth-order valence-electron chi connectivity index (χ4n) is 5.04. The Morgan fingerprint density at radius 1 is 0.833 bits per heavy atom. The van der Waals surface area contributed by atoms with E-state index in [9.17, 15) is 27.2 Å². The third kappa shape index (κ3) is 10.5. The Labute approximate surface area is 251 Å². The van der Waals surface area contributed by atoms with E-state index in [-0.39, 0.29) is 12.5 Å². The van der Waals surface area contributed by atoms with Crippen LogP contribution in [-0.4, -0.2) is 42.1 Å². The van der Waals surface area contributed by atoms with E-state index in [2.05, 4.69) is 38.2 Å². The van der Waals surface area contributed by atoms with Crippen molar-refractivity contribution in [3.8, 4) is 5.75 Å². The van der Waals surface area contributed by atoms with Crippen LogP contribution < -0.4 is 13.6 Å². The van der Waals surface area contributed by atoms with Gasteiger partial charge in [0, 0.05) is 0 Å². The molecule has 0 spiro atoms. The van der Waals surface area contributed by atoms with Gasteiger partial charge in [-0.05, 0) is 0 Å². The van der Waals surface area contributed by atoms with Gasteiger partial charge in [-0.1, -0.05) is 0 Å². The van der Waals surface area contributed by atoms with E-state index in [0.29, 0.717) is 5.56 Å². The van der Waals surface area contributed by atoms with Gasteiger partial charge in [-0.3, -0.25) is 0 Å². The van der Waals surface area contributed by atoms with Crippen LogP contribution in [0.1, 0.15) is 85.6 Å². The summed E-state index contributed by atoms with van der Waals surface area (Å²) < 4.78 is 71.2. The molecule has 0 aromatic heterocycles. The topological polar surface area (TPSA) is 64.6 Å². The van der Waals surface area contributed by atoms with Gasteiger partial charge in [-0.2, -0.15) is 0 Å². The molecule has 1 N–H and O–H groups in total. The second-order valence-electron chi connectivity index (χ2n) is 11.9. The zero-order valence-corrected chi connectivity index (χ0v) is 28.5. The Morgan fingerprint density at radius 3 is 1.74 bits per heavy atom. The van der Waals surface area contributed by atoms with Crippen LogP contribution in [0.2, 0.25) is 13.3 Å². The molecule has 2 aromatic carbocycles. The Hall–Kier alpha value is -2.30. The third-order valence-electron chi connectivity index (χ3n) is 7.28. The van der Waals surface area contributed by atoms with Crippen molar-refractivity contribution in [2.24, 2.45) is 0 Å². The molecule has 0 heterocycles. The first kappa shape index (κ1) is 35.9.